The summed E-state index contributed by atoms with van der Waals surface area (Å²) in [6, 6.07) is 20.0. The molecule has 8 heteroatoms. The quantitative estimate of drug-likeness (QED) is 0.429. The lowest BCUT2D eigenvalue weighted by molar-refractivity contribution is -0.384. The molecule has 0 unspecified atom stereocenters. The molecule has 1 aliphatic rings. The van der Waals surface area contributed by atoms with Crippen molar-refractivity contribution in [2.45, 2.75) is 6.54 Å². The molecule has 0 spiro atoms. The Morgan fingerprint density at radius 3 is 2.35 bits per heavy atom. The number of para-hydroxylation sites is 3. The van der Waals surface area contributed by atoms with Crippen LogP contribution in [0.3, 0.4) is 0 Å². The van der Waals surface area contributed by atoms with E-state index in [9.17, 15) is 14.9 Å². The molecule has 8 nitrogen and oxygen atoms in total. The van der Waals surface area contributed by atoms with E-state index >= 15 is 0 Å². The number of furan rings is 1. The van der Waals surface area contributed by atoms with Gasteiger partial charge in [-0.1, -0.05) is 30.3 Å². The molecule has 1 amide bonds. The Balaban J connectivity index is 1.41. The monoisotopic (exact) mass is 420 g/mol. The number of carbonyl (C=O) groups excluding carboxylic acids is 1. The Morgan fingerprint density at radius 1 is 0.968 bits per heavy atom. The van der Waals surface area contributed by atoms with Crippen molar-refractivity contribution in [1.82, 2.24) is 4.90 Å². The molecule has 3 aromatic rings. The number of piperazine rings is 1. The van der Waals surface area contributed by atoms with Gasteiger partial charge in [-0.15, -0.1) is 0 Å². The molecule has 0 radical (unpaired) electrons. The molecule has 0 aliphatic carbocycles. The lowest BCUT2D eigenvalue weighted by Crippen LogP contribution is -2.50. The smallest absolute Gasteiger partial charge is 0.292 e. The van der Waals surface area contributed by atoms with E-state index in [4.69, 9.17) is 4.42 Å². The van der Waals surface area contributed by atoms with Gasteiger partial charge in [0.25, 0.3) is 5.69 Å². The van der Waals surface area contributed by atoms with Crippen LogP contribution in [0.15, 0.2) is 77.4 Å². The third-order valence-electron chi connectivity index (χ3n) is 5.41. The number of hydrogen-bond acceptors (Lipinski definition) is 6. The Morgan fingerprint density at radius 2 is 1.68 bits per heavy atom. The highest BCUT2D eigenvalue weighted by Gasteiger charge is 2.26. The van der Waals surface area contributed by atoms with Crippen molar-refractivity contribution >= 4 is 23.0 Å². The highest BCUT2D eigenvalue weighted by molar-refractivity contribution is 5.94. The van der Waals surface area contributed by atoms with Gasteiger partial charge in [-0.25, -0.2) is 0 Å². The largest absolute Gasteiger partial charge is 0.467 e. The summed E-state index contributed by atoms with van der Waals surface area (Å²) in [5, 5.41) is 11.3. The van der Waals surface area contributed by atoms with Crippen LogP contribution in [0.2, 0.25) is 0 Å². The zero-order valence-corrected chi connectivity index (χ0v) is 17.1. The molecule has 2 heterocycles. The topological polar surface area (TPSA) is 83.1 Å². The first-order valence-corrected chi connectivity index (χ1v) is 10.2. The van der Waals surface area contributed by atoms with Gasteiger partial charge in [-0.2, -0.15) is 0 Å². The van der Waals surface area contributed by atoms with Crippen LogP contribution in [0.1, 0.15) is 5.76 Å². The molecule has 1 saturated heterocycles. The lowest BCUT2D eigenvalue weighted by Gasteiger charge is -2.36. The van der Waals surface area contributed by atoms with Gasteiger partial charge >= 0.3 is 0 Å². The number of nitro groups is 1. The zero-order valence-electron chi connectivity index (χ0n) is 17.1. The summed E-state index contributed by atoms with van der Waals surface area (Å²) >= 11 is 0. The number of amides is 1. The van der Waals surface area contributed by atoms with Gasteiger partial charge in [0.1, 0.15) is 11.4 Å². The van der Waals surface area contributed by atoms with E-state index in [2.05, 4.69) is 4.90 Å². The molecule has 0 N–H and O–H groups in total. The van der Waals surface area contributed by atoms with Gasteiger partial charge in [0.15, 0.2) is 0 Å². The van der Waals surface area contributed by atoms with E-state index in [-0.39, 0.29) is 23.1 Å². The van der Waals surface area contributed by atoms with E-state index in [1.165, 1.54) is 6.07 Å². The number of hydrogen-bond donors (Lipinski definition) is 0. The Labute approximate surface area is 180 Å². The van der Waals surface area contributed by atoms with Crippen LogP contribution >= 0.6 is 0 Å². The van der Waals surface area contributed by atoms with Crippen molar-refractivity contribution in [2.24, 2.45) is 0 Å². The zero-order chi connectivity index (χ0) is 21.6. The molecule has 2 aromatic carbocycles. The Hall–Kier alpha value is -3.65. The minimum atomic E-state index is -0.350. The van der Waals surface area contributed by atoms with Crippen LogP contribution in [0.25, 0.3) is 0 Å². The number of rotatable bonds is 7. The highest BCUT2D eigenvalue weighted by atomic mass is 16.6. The first-order valence-electron chi connectivity index (χ1n) is 10.2. The summed E-state index contributed by atoms with van der Waals surface area (Å²) in [6.45, 7) is 3.21. The summed E-state index contributed by atoms with van der Waals surface area (Å²) in [7, 11) is 0. The van der Waals surface area contributed by atoms with E-state index in [0.717, 1.165) is 11.4 Å². The van der Waals surface area contributed by atoms with Crippen molar-refractivity contribution in [3.05, 3.63) is 88.9 Å². The molecule has 0 saturated carbocycles. The van der Waals surface area contributed by atoms with Crippen LogP contribution in [0.4, 0.5) is 17.1 Å². The van der Waals surface area contributed by atoms with Gasteiger partial charge in [0.05, 0.1) is 24.3 Å². The lowest BCUT2D eigenvalue weighted by atomic mass is 10.2. The molecular formula is C23H24N4O4. The van der Waals surface area contributed by atoms with Crippen LogP contribution in [0.5, 0.6) is 0 Å². The normalized spacial score (nSPS) is 14.4. The first kappa shape index (κ1) is 20.6. The standard InChI is InChI=1S/C23H24N4O4/c28-23(26(17-20-9-6-16-31-20)19-7-2-1-3-8-19)18-24-12-14-25(15-13-24)21-10-4-5-11-22(21)27(29)30/h1-11,16H,12-15,17-18H2. The first-order chi connectivity index (χ1) is 15.1. The van der Waals surface area contributed by atoms with Crippen LogP contribution in [-0.4, -0.2) is 48.5 Å². The molecule has 31 heavy (non-hydrogen) atoms. The van der Waals surface area contributed by atoms with Crippen molar-refractivity contribution in [2.75, 3.05) is 42.5 Å². The number of nitrogens with zero attached hydrogens (tertiary/aromatic N) is 4. The Bertz CT molecular complexity index is 1020. The van der Waals surface area contributed by atoms with E-state index < -0.39 is 0 Å². The average Bonchev–Trinajstić information content (AvgIpc) is 3.32. The maximum atomic E-state index is 13.2. The van der Waals surface area contributed by atoms with E-state index in [0.29, 0.717) is 38.4 Å². The second-order valence-electron chi connectivity index (χ2n) is 7.40. The number of anilines is 2. The number of nitro benzene ring substituents is 1. The van der Waals surface area contributed by atoms with E-state index in [1.807, 2.05) is 53.4 Å². The van der Waals surface area contributed by atoms with Crippen LogP contribution in [-0.2, 0) is 11.3 Å². The maximum absolute atomic E-state index is 13.2. The van der Waals surface area contributed by atoms with Gasteiger partial charge in [0.2, 0.25) is 5.91 Å². The molecule has 1 aliphatic heterocycles. The minimum absolute atomic E-state index is 0.0123. The van der Waals surface area contributed by atoms with E-state index in [1.54, 1.807) is 23.3 Å². The predicted molar refractivity (Wildman–Crippen MR) is 118 cm³/mol. The SMILES string of the molecule is O=C(CN1CCN(c2ccccc2[N+](=O)[O-])CC1)N(Cc1ccco1)c1ccccc1. The predicted octanol–water partition coefficient (Wildman–Crippen LogP) is 3.54. The van der Waals surface area contributed by atoms with Crippen molar-refractivity contribution in [3.8, 4) is 0 Å². The van der Waals surface area contributed by atoms with Gasteiger partial charge < -0.3 is 14.2 Å². The second kappa shape index (κ2) is 9.44. The summed E-state index contributed by atoms with van der Waals surface area (Å²) in [5.74, 6) is 0.708. The summed E-state index contributed by atoms with van der Waals surface area (Å²) in [4.78, 5) is 30.0. The fourth-order valence-electron chi connectivity index (χ4n) is 3.80. The van der Waals surface area contributed by atoms with Crippen molar-refractivity contribution in [1.29, 1.82) is 0 Å². The van der Waals surface area contributed by atoms with Crippen LogP contribution < -0.4 is 9.80 Å². The second-order valence-corrected chi connectivity index (χ2v) is 7.40. The van der Waals surface area contributed by atoms with Gasteiger partial charge in [-0.3, -0.25) is 19.8 Å². The third-order valence-corrected chi connectivity index (χ3v) is 5.41. The van der Waals surface area contributed by atoms with Gasteiger partial charge in [0, 0.05) is 37.9 Å². The van der Waals surface area contributed by atoms with Crippen molar-refractivity contribution in [3.63, 3.8) is 0 Å². The molecule has 160 valence electrons. The van der Waals surface area contributed by atoms with Crippen LogP contribution in [0, 0.1) is 10.1 Å². The highest BCUT2D eigenvalue weighted by Crippen LogP contribution is 2.28. The molecule has 0 atom stereocenters. The molecule has 4 rings (SSSR count). The number of carbonyl (C=O) groups is 1. The minimum Gasteiger partial charge on any atom is -0.467 e. The number of benzene rings is 2. The summed E-state index contributed by atoms with van der Waals surface area (Å²) in [6.07, 6.45) is 1.60. The van der Waals surface area contributed by atoms with Crippen molar-refractivity contribution < 1.29 is 14.1 Å². The summed E-state index contributed by atoms with van der Waals surface area (Å²) in [5.41, 5.74) is 1.56. The summed E-state index contributed by atoms with van der Waals surface area (Å²) < 4.78 is 5.45. The fraction of sp³-hybridized carbons (Fsp3) is 0.261. The molecular weight excluding hydrogens is 396 g/mol. The average molecular weight is 420 g/mol. The molecule has 1 aromatic heterocycles. The van der Waals surface area contributed by atoms with Gasteiger partial charge in [-0.05, 0) is 30.3 Å². The third kappa shape index (κ3) is 4.92. The fourth-order valence-corrected chi connectivity index (χ4v) is 3.80. The molecule has 1 fully saturated rings. The maximum Gasteiger partial charge on any atom is 0.292 e. The molecule has 0 bridgehead atoms. The Kier molecular flexibility index (Phi) is 6.28.